The van der Waals surface area contributed by atoms with Gasteiger partial charge in [0.15, 0.2) is 0 Å². The number of carbonyl (C=O) groups excluding carboxylic acids is 1. The first-order valence-corrected chi connectivity index (χ1v) is 8.29. The highest BCUT2D eigenvalue weighted by Crippen LogP contribution is 2.23. The summed E-state index contributed by atoms with van der Waals surface area (Å²) in [7, 11) is 0. The summed E-state index contributed by atoms with van der Waals surface area (Å²) in [6.07, 6.45) is 6.26. The minimum atomic E-state index is -0.330. The van der Waals surface area contributed by atoms with E-state index in [1.807, 2.05) is 4.68 Å². The van der Waals surface area contributed by atoms with Gasteiger partial charge >= 0.3 is 0 Å². The number of hydrogen-bond acceptors (Lipinski definition) is 4. The van der Waals surface area contributed by atoms with Crippen LogP contribution in [-0.2, 0) is 22.4 Å². The molecule has 2 aliphatic rings. The number of hydrogen-bond donors (Lipinski definition) is 2. The van der Waals surface area contributed by atoms with Gasteiger partial charge in [0.25, 0.3) is 0 Å². The molecular weight excluding hydrogens is 280 g/mol. The van der Waals surface area contributed by atoms with Crippen LogP contribution in [0.2, 0.25) is 0 Å². The van der Waals surface area contributed by atoms with Gasteiger partial charge in [-0.3, -0.25) is 9.48 Å². The molecule has 1 aromatic rings. The van der Waals surface area contributed by atoms with Crippen molar-refractivity contribution in [2.75, 3.05) is 6.54 Å². The number of nitrogens with two attached hydrogens (primary N) is 1. The van der Waals surface area contributed by atoms with Crippen molar-refractivity contribution < 1.29 is 9.53 Å². The second-order valence-electron chi connectivity index (χ2n) is 6.68. The fraction of sp³-hybridized carbons (Fsp3) is 0.750. The zero-order valence-corrected chi connectivity index (χ0v) is 13.4. The molecular formula is C16H26N4O2. The van der Waals surface area contributed by atoms with Crippen molar-refractivity contribution in [3.8, 4) is 0 Å². The van der Waals surface area contributed by atoms with E-state index in [2.05, 4.69) is 30.5 Å². The van der Waals surface area contributed by atoms with Gasteiger partial charge in [-0.25, -0.2) is 0 Å². The third-order valence-corrected chi connectivity index (χ3v) is 4.64. The zero-order chi connectivity index (χ0) is 15.7. The summed E-state index contributed by atoms with van der Waals surface area (Å²) in [5, 5.41) is 7.78. The van der Waals surface area contributed by atoms with Gasteiger partial charge in [-0.1, -0.05) is 0 Å². The molecule has 3 rings (SSSR count). The molecule has 22 heavy (non-hydrogen) atoms. The molecule has 3 N–H and O–H groups in total. The van der Waals surface area contributed by atoms with Crippen molar-refractivity contribution in [3.05, 3.63) is 17.5 Å². The largest absolute Gasteiger partial charge is 0.364 e. The Kier molecular flexibility index (Phi) is 4.49. The molecule has 1 unspecified atom stereocenters. The van der Waals surface area contributed by atoms with E-state index < -0.39 is 0 Å². The summed E-state index contributed by atoms with van der Waals surface area (Å²) in [4.78, 5) is 12.3. The van der Waals surface area contributed by atoms with Crippen LogP contribution in [0.3, 0.4) is 0 Å². The van der Waals surface area contributed by atoms with Crippen LogP contribution in [0.5, 0.6) is 0 Å². The molecule has 0 bridgehead atoms. The third-order valence-electron chi connectivity index (χ3n) is 4.64. The van der Waals surface area contributed by atoms with E-state index >= 15 is 0 Å². The van der Waals surface area contributed by atoms with Crippen LogP contribution >= 0.6 is 0 Å². The normalized spacial score (nSPS) is 27.9. The maximum absolute atomic E-state index is 12.3. The number of nitrogens with zero attached hydrogens (tertiary/aromatic N) is 2. The summed E-state index contributed by atoms with van der Waals surface area (Å²) in [5.74, 6) is 0.00712. The summed E-state index contributed by atoms with van der Waals surface area (Å²) >= 11 is 0. The van der Waals surface area contributed by atoms with Gasteiger partial charge in [0.05, 0.1) is 11.8 Å². The molecule has 6 heteroatoms. The molecule has 1 saturated heterocycles. The first-order chi connectivity index (χ1) is 10.6. The van der Waals surface area contributed by atoms with E-state index in [0.29, 0.717) is 12.6 Å². The smallest absolute Gasteiger partial charge is 0.249 e. The molecule has 0 saturated carbocycles. The van der Waals surface area contributed by atoms with Crippen LogP contribution in [0.25, 0.3) is 0 Å². The Morgan fingerprint density at radius 2 is 2.32 bits per heavy atom. The molecule has 1 aliphatic carbocycles. The number of aromatic nitrogens is 2. The number of amides is 1. The fourth-order valence-electron chi connectivity index (χ4n) is 3.27. The Morgan fingerprint density at radius 3 is 3.00 bits per heavy atom. The van der Waals surface area contributed by atoms with Crippen molar-refractivity contribution in [1.29, 1.82) is 0 Å². The lowest BCUT2D eigenvalue weighted by Crippen LogP contribution is -2.44. The van der Waals surface area contributed by atoms with E-state index in [-0.39, 0.29) is 24.2 Å². The molecule has 0 aromatic carbocycles. The number of fused-ring (bicyclic) bond motifs is 1. The second kappa shape index (κ2) is 6.38. The molecule has 0 spiro atoms. The Morgan fingerprint density at radius 1 is 1.50 bits per heavy atom. The van der Waals surface area contributed by atoms with E-state index in [0.717, 1.165) is 37.8 Å². The number of aryl methyl sites for hydroxylation is 1. The molecule has 0 radical (unpaired) electrons. The standard InChI is InChI=1S/C16H26N4O2/c1-10(2)20-9-11-3-4-12(7-14(11)19-20)18-16(21)15-6-5-13(8-17)22-15/h9-10,12-13,15H,3-8,17H2,1-2H3,(H,18,21)/t12?,13-,15+/m1/s1. The third kappa shape index (κ3) is 3.17. The predicted molar refractivity (Wildman–Crippen MR) is 83.5 cm³/mol. The van der Waals surface area contributed by atoms with Gasteiger partial charge in [-0.05, 0) is 45.1 Å². The van der Waals surface area contributed by atoms with Crippen LogP contribution in [0.1, 0.15) is 50.4 Å². The lowest BCUT2D eigenvalue weighted by atomic mass is 9.93. The van der Waals surface area contributed by atoms with Crippen LogP contribution in [0.4, 0.5) is 0 Å². The van der Waals surface area contributed by atoms with Crippen molar-refractivity contribution in [2.45, 2.75) is 70.2 Å². The highest BCUT2D eigenvalue weighted by atomic mass is 16.5. The van der Waals surface area contributed by atoms with Crippen LogP contribution in [0.15, 0.2) is 6.20 Å². The van der Waals surface area contributed by atoms with Gasteiger partial charge < -0.3 is 15.8 Å². The summed E-state index contributed by atoms with van der Waals surface area (Å²) < 4.78 is 7.68. The van der Waals surface area contributed by atoms with E-state index in [1.54, 1.807) is 0 Å². The van der Waals surface area contributed by atoms with Crippen molar-refractivity contribution >= 4 is 5.91 Å². The van der Waals surface area contributed by atoms with Crippen LogP contribution < -0.4 is 11.1 Å². The van der Waals surface area contributed by atoms with Crippen molar-refractivity contribution in [2.24, 2.45) is 5.73 Å². The van der Waals surface area contributed by atoms with Crippen LogP contribution in [-0.4, -0.2) is 40.5 Å². The molecule has 1 amide bonds. The Hall–Kier alpha value is -1.40. The second-order valence-corrected chi connectivity index (χ2v) is 6.68. The molecule has 122 valence electrons. The highest BCUT2D eigenvalue weighted by molar-refractivity contribution is 5.81. The van der Waals surface area contributed by atoms with E-state index in [9.17, 15) is 4.79 Å². The first-order valence-electron chi connectivity index (χ1n) is 8.29. The minimum Gasteiger partial charge on any atom is -0.364 e. The van der Waals surface area contributed by atoms with Crippen molar-refractivity contribution in [3.63, 3.8) is 0 Å². The van der Waals surface area contributed by atoms with Crippen LogP contribution in [0, 0.1) is 0 Å². The average Bonchev–Trinajstić information content (AvgIpc) is 3.13. The average molecular weight is 306 g/mol. The lowest BCUT2D eigenvalue weighted by molar-refractivity contribution is -0.132. The topological polar surface area (TPSA) is 82.2 Å². The van der Waals surface area contributed by atoms with Gasteiger partial charge in [0.1, 0.15) is 6.10 Å². The number of carbonyl (C=O) groups is 1. The Bertz CT molecular complexity index is 540. The number of ether oxygens (including phenoxy) is 1. The maximum Gasteiger partial charge on any atom is 0.249 e. The van der Waals surface area contributed by atoms with Gasteiger partial charge in [-0.15, -0.1) is 0 Å². The van der Waals surface area contributed by atoms with Gasteiger partial charge in [-0.2, -0.15) is 5.10 Å². The van der Waals surface area contributed by atoms with Gasteiger partial charge in [0.2, 0.25) is 5.91 Å². The molecule has 1 aromatic heterocycles. The molecule has 2 heterocycles. The highest BCUT2D eigenvalue weighted by Gasteiger charge is 2.32. The Labute approximate surface area is 131 Å². The summed E-state index contributed by atoms with van der Waals surface area (Å²) in [5.41, 5.74) is 8.03. The van der Waals surface area contributed by atoms with E-state index in [1.165, 1.54) is 5.56 Å². The molecule has 6 nitrogen and oxygen atoms in total. The fourth-order valence-corrected chi connectivity index (χ4v) is 3.27. The number of nitrogens with one attached hydrogen (secondary N) is 1. The summed E-state index contributed by atoms with van der Waals surface area (Å²) in [6, 6.07) is 0.537. The SMILES string of the molecule is CC(C)n1cc2c(n1)CC(NC(=O)[C@@H]1CC[C@H](CN)O1)CC2. The predicted octanol–water partition coefficient (Wildman–Crippen LogP) is 0.944. The molecule has 3 atom stereocenters. The lowest BCUT2D eigenvalue weighted by Gasteiger charge is -2.24. The molecule has 1 aliphatic heterocycles. The quantitative estimate of drug-likeness (QED) is 0.867. The maximum atomic E-state index is 12.3. The van der Waals surface area contributed by atoms with E-state index in [4.69, 9.17) is 10.5 Å². The number of rotatable bonds is 4. The Balaban J connectivity index is 1.57. The monoisotopic (exact) mass is 306 g/mol. The van der Waals surface area contributed by atoms with Crippen molar-refractivity contribution in [1.82, 2.24) is 15.1 Å². The minimum absolute atomic E-state index is 0.00712. The van der Waals surface area contributed by atoms with Gasteiger partial charge in [0, 0.05) is 31.2 Å². The zero-order valence-electron chi connectivity index (χ0n) is 13.4. The first kappa shape index (κ1) is 15.5. The summed E-state index contributed by atoms with van der Waals surface area (Å²) in [6.45, 7) is 4.75. The molecule has 1 fully saturated rings.